The van der Waals surface area contributed by atoms with Gasteiger partial charge in [-0.15, -0.1) is 0 Å². The van der Waals surface area contributed by atoms with Gasteiger partial charge in [0.25, 0.3) is 6.43 Å². The number of halogens is 2. The van der Waals surface area contributed by atoms with Gasteiger partial charge in [0.1, 0.15) is 6.04 Å². The third-order valence-electron chi connectivity index (χ3n) is 2.24. The molecule has 94 valence electrons. The monoisotopic (exact) mass is 243 g/mol. The molecule has 3 nitrogen and oxygen atoms in total. The van der Waals surface area contributed by atoms with Gasteiger partial charge in [-0.3, -0.25) is 10.1 Å². The number of carbonyl (C=O) groups is 1. The smallest absolute Gasteiger partial charge is 0.325 e. The number of nitrogens with one attached hydrogen (secondary N) is 1. The predicted octanol–water partition coefficient (Wildman–Crippen LogP) is 2.75. The van der Waals surface area contributed by atoms with Crippen LogP contribution in [-0.2, 0) is 4.79 Å². The van der Waals surface area contributed by atoms with Gasteiger partial charge >= 0.3 is 5.97 Å². The van der Waals surface area contributed by atoms with Gasteiger partial charge in [0, 0.05) is 11.6 Å². The summed E-state index contributed by atoms with van der Waals surface area (Å²) in [6, 6.07) is 4.45. The molecule has 5 heteroatoms. The largest absolute Gasteiger partial charge is 0.480 e. The lowest BCUT2D eigenvalue weighted by molar-refractivity contribution is -0.139. The van der Waals surface area contributed by atoms with E-state index >= 15 is 0 Å². The van der Waals surface area contributed by atoms with Crippen LogP contribution in [0.15, 0.2) is 24.3 Å². The molecule has 0 spiro atoms. The molecule has 0 aliphatic heterocycles. The lowest BCUT2D eigenvalue weighted by Crippen LogP contribution is -2.33. The SMILES string of the molecule is CC(C)NC(C(=O)O)c1cccc(C(F)F)c1. The van der Waals surface area contributed by atoms with E-state index in [-0.39, 0.29) is 11.6 Å². The van der Waals surface area contributed by atoms with Crippen LogP contribution < -0.4 is 5.32 Å². The van der Waals surface area contributed by atoms with E-state index in [4.69, 9.17) is 5.11 Å². The molecule has 0 saturated carbocycles. The lowest BCUT2D eigenvalue weighted by Gasteiger charge is -2.18. The first kappa shape index (κ1) is 13.6. The summed E-state index contributed by atoms with van der Waals surface area (Å²) in [6.07, 6.45) is -2.59. The highest BCUT2D eigenvalue weighted by Crippen LogP contribution is 2.23. The maximum Gasteiger partial charge on any atom is 0.325 e. The van der Waals surface area contributed by atoms with Crippen LogP contribution in [-0.4, -0.2) is 17.1 Å². The van der Waals surface area contributed by atoms with Gasteiger partial charge in [0.05, 0.1) is 0 Å². The molecule has 0 aromatic heterocycles. The van der Waals surface area contributed by atoms with Crippen LogP contribution in [0.25, 0.3) is 0 Å². The Morgan fingerprint density at radius 2 is 1.88 bits per heavy atom. The summed E-state index contributed by atoms with van der Waals surface area (Å²) in [4.78, 5) is 11.1. The summed E-state index contributed by atoms with van der Waals surface area (Å²) >= 11 is 0. The van der Waals surface area contributed by atoms with Crippen molar-refractivity contribution in [1.29, 1.82) is 0 Å². The fourth-order valence-corrected chi connectivity index (χ4v) is 1.52. The summed E-state index contributed by atoms with van der Waals surface area (Å²) in [7, 11) is 0. The van der Waals surface area contributed by atoms with E-state index in [2.05, 4.69) is 5.32 Å². The van der Waals surface area contributed by atoms with Crippen molar-refractivity contribution in [2.45, 2.75) is 32.4 Å². The van der Waals surface area contributed by atoms with Gasteiger partial charge < -0.3 is 5.11 Å². The van der Waals surface area contributed by atoms with Crippen LogP contribution in [0.2, 0.25) is 0 Å². The van der Waals surface area contributed by atoms with Crippen molar-refractivity contribution >= 4 is 5.97 Å². The highest BCUT2D eigenvalue weighted by Gasteiger charge is 2.21. The molecule has 0 aliphatic carbocycles. The van der Waals surface area contributed by atoms with E-state index in [0.717, 1.165) is 0 Å². The summed E-state index contributed by atoms with van der Waals surface area (Å²) < 4.78 is 25.0. The number of carboxylic acids is 1. The number of carboxylic acid groups (broad SMARTS) is 1. The molecule has 0 amide bonds. The lowest BCUT2D eigenvalue weighted by atomic mass is 10.0. The summed E-state index contributed by atoms with van der Waals surface area (Å²) in [5.74, 6) is -1.08. The molecule has 0 aliphatic rings. The fourth-order valence-electron chi connectivity index (χ4n) is 1.52. The first-order chi connectivity index (χ1) is 7.91. The van der Waals surface area contributed by atoms with Crippen molar-refractivity contribution in [2.24, 2.45) is 0 Å². The van der Waals surface area contributed by atoms with Crippen molar-refractivity contribution in [3.8, 4) is 0 Å². The Labute approximate surface area is 98.5 Å². The zero-order valence-corrected chi connectivity index (χ0v) is 9.65. The Morgan fingerprint density at radius 1 is 1.29 bits per heavy atom. The average molecular weight is 243 g/mol. The van der Waals surface area contributed by atoms with Gasteiger partial charge in [0.15, 0.2) is 0 Å². The van der Waals surface area contributed by atoms with Crippen LogP contribution in [0.4, 0.5) is 8.78 Å². The maximum atomic E-state index is 12.5. The van der Waals surface area contributed by atoms with E-state index in [1.54, 1.807) is 13.8 Å². The van der Waals surface area contributed by atoms with E-state index in [1.165, 1.54) is 24.3 Å². The normalized spacial score (nSPS) is 13.1. The summed E-state index contributed by atoms with van der Waals surface area (Å²) in [5, 5.41) is 11.9. The standard InChI is InChI=1S/C12H15F2NO2/c1-7(2)15-10(12(16)17)8-4-3-5-9(6-8)11(13)14/h3-7,10-11,15H,1-2H3,(H,16,17). The van der Waals surface area contributed by atoms with Gasteiger partial charge in [-0.25, -0.2) is 8.78 Å². The third kappa shape index (κ3) is 3.78. The summed E-state index contributed by atoms with van der Waals surface area (Å²) in [6.45, 7) is 3.60. The molecule has 0 fully saturated rings. The zero-order chi connectivity index (χ0) is 13.0. The van der Waals surface area contributed by atoms with Crippen LogP contribution in [0.1, 0.15) is 37.4 Å². The van der Waals surface area contributed by atoms with Gasteiger partial charge in [0.2, 0.25) is 0 Å². The van der Waals surface area contributed by atoms with Crippen LogP contribution in [0.3, 0.4) is 0 Å². The molecule has 1 aromatic rings. The number of rotatable bonds is 5. The molecule has 17 heavy (non-hydrogen) atoms. The Balaban J connectivity index is 3.01. The number of hydrogen-bond donors (Lipinski definition) is 2. The molecule has 1 rings (SSSR count). The first-order valence-corrected chi connectivity index (χ1v) is 5.28. The van der Waals surface area contributed by atoms with Crippen molar-refractivity contribution in [2.75, 3.05) is 0 Å². The molecule has 0 bridgehead atoms. The second-order valence-electron chi connectivity index (χ2n) is 4.06. The predicted molar refractivity (Wildman–Crippen MR) is 60.0 cm³/mol. The Bertz CT molecular complexity index is 394. The van der Waals surface area contributed by atoms with Gasteiger partial charge in [-0.1, -0.05) is 18.2 Å². The highest BCUT2D eigenvalue weighted by atomic mass is 19.3. The molecule has 0 heterocycles. The molecule has 0 saturated heterocycles. The van der Waals surface area contributed by atoms with Crippen molar-refractivity contribution in [3.63, 3.8) is 0 Å². The second-order valence-corrected chi connectivity index (χ2v) is 4.06. The third-order valence-corrected chi connectivity index (χ3v) is 2.24. The van der Waals surface area contributed by atoms with E-state index in [0.29, 0.717) is 5.56 Å². The van der Waals surface area contributed by atoms with Crippen molar-refractivity contribution in [1.82, 2.24) is 5.32 Å². The van der Waals surface area contributed by atoms with Crippen molar-refractivity contribution < 1.29 is 18.7 Å². The molecule has 2 N–H and O–H groups in total. The van der Waals surface area contributed by atoms with Crippen LogP contribution in [0.5, 0.6) is 0 Å². The topological polar surface area (TPSA) is 49.3 Å². The summed E-state index contributed by atoms with van der Waals surface area (Å²) in [5.41, 5.74) is 0.170. The molecular weight excluding hydrogens is 228 g/mol. The quantitative estimate of drug-likeness (QED) is 0.836. The van der Waals surface area contributed by atoms with Gasteiger partial charge in [-0.05, 0) is 25.5 Å². The number of alkyl halides is 2. The highest BCUT2D eigenvalue weighted by molar-refractivity contribution is 5.75. The van der Waals surface area contributed by atoms with Crippen LogP contribution >= 0.6 is 0 Å². The Morgan fingerprint density at radius 3 is 2.35 bits per heavy atom. The molecule has 1 atom stereocenters. The van der Waals surface area contributed by atoms with E-state index < -0.39 is 18.4 Å². The average Bonchev–Trinajstić information content (AvgIpc) is 2.25. The molecule has 1 aromatic carbocycles. The minimum absolute atomic E-state index is 0.0497. The second kappa shape index (κ2) is 5.72. The minimum atomic E-state index is -2.59. The number of benzene rings is 1. The van der Waals surface area contributed by atoms with Crippen LogP contribution in [0, 0.1) is 0 Å². The molecule has 0 radical (unpaired) electrons. The number of hydrogen-bond acceptors (Lipinski definition) is 2. The molecular formula is C12H15F2NO2. The number of aliphatic carboxylic acids is 1. The van der Waals surface area contributed by atoms with E-state index in [9.17, 15) is 13.6 Å². The Kier molecular flexibility index (Phi) is 4.57. The first-order valence-electron chi connectivity index (χ1n) is 5.28. The molecule has 1 unspecified atom stereocenters. The van der Waals surface area contributed by atoms with Crippen molar-refractivity contribution in [3.05, 3.63) is 35.4 Å². The van der Waals surface area contributed by atoms with Gasteiger partial charge in [-0.2, -0.15) is 0 Å². The zero-order valence-electron chi connectivity index (χ0n) is 9.65. The minimum Gasteiger partial charge on any atom is -0.480 e. The maximum absolute atomic E-state index is 12.5. The fraction of sp³-hybridized carbons (Fsp3) is 0.417. The Hall–Kier alpha value is -1.49. The van der Waals surface area contributed by atoms with E-state index in [1.807, 2.05) is 0 Å².